The summed E-state index contributed by atoms with van der Waals surface area (Å²) < 4.78 is 0. The van der Waals surface area contributed by atoms with Crippen molar-refractivity contribution in [1.29, 1.82) is 0 Å². The van der Waals surface area contributed by atoms with E-state index in [4.69, 9.17) is 16.7 Å². The molecule has 0 aliphatic carbocycles. The van der Waals surface area contributed by atoms with Crippen molar-refractivity contribution in [1.82, 2.24) is 10.2 Å². The van der Waals surface area contributed by atoms with Gasteiger partial charge in [0.25, 0.3) is 0 Å². The molecule has 1 aromatic carbocycles. The van der Waals surface area contributed by atoms with Crippen LogP contribution in [0.5, 0.6) is 0 Å². The normalized spacial score (nSPS) is 19.9. The lowest BCUT2D eigenvalue weighted by molar-refractivity contribution is -0.151. The van der Waals surface area contributed by atoms with Crippen LogP contribution in [0, 0.1) is 11.8 Å². The van der Waals surface area contributed by atoms with Crippen LogP contribution in [0.4, 0.5) is 5.82 Å². The molecule has 0 radical (unpaired) electrons. The Hall–Kier alpha value is -2.80. The Morgan fingerprint density at radius 2 is 1.88 bits per heavy atom. The van der Waals surface area contributed by atoms with Crippen LogP contribution in [0.25, 0.3) is 0 Å². The van der Waals surface area contributed by atoms with Crippen LogP contribution in [0.2, 0.25) is 5.15 Å². The van der Waals surface area contributed by atoms with Gasteiger partial charge in [-0.1, -0.05) is 41.9 Å². The van der Waals surface area contributed by atoms with Crippen LogP contribution in [0.3, 0.4) is 0 Å². The molecule has 0 saturated carbocycles. The zero-order chi connectivity index (χ0) is 18.0. The molecule has 7 nitrogen and oxygen atoms in total. The third-order valence-corrected chi connectivity index (χ3v) is 4.39. The van der Waals surface area contributed by atoms with Gasteiger partial charge in [0.2, 0.25) is 11.7 Å². The fraction of sp³-hybridized carbons (Fsp3) is 0.235. The number of nitrogens with zero attached hydrogens (tertiary/aromatic N) is 3. The summed E-state index contributed by atoms with van der Waals surface area (Å²) in [6.07, 6.45) is 0.279. The molecule has 1 N–H and O–H groups in total. The van der Waals surface area contributed by atoms with Crippen molar-refractivity contribution < 1.29 is 19.5 Å². The highest BCUT2D eigenvalue weighted by atomic mass is 35.5. The van der Waals surface area contributed by atoms with Crippen molar-refractivity contribution in [2.75, 3.05) is 11.4 Å². The number of Topliss-reactive ketones (excluding diaryl/α,β-unsaturated/α-hetero) is 1. The van der Waals surface area contributed by atoms with Crippen molar-refractivity contribution in [3.05, 3.63) is 53.2 Å². The van der Waals surface area contributed by atoms with Crippen molar-refractivity contribution in [3.63, 3.8) is 0 Å². The lowest BCUT2D eigenvalue weighted by Crippen LogP contribution is -2.31. The molecular formula is C17H14ClN3O4. The van der Waals surface area contributed by atoms with Crippen LogP contribution in [0.15, 0.2) is 42.5 Å². The monoisotopic (exact) mass is 359 g/mol. The Balaban J connectivity index is 1.91. The van der Waals surface area contributed by atoms with E-state index in [0.29, 0.717) is 0 Å². The number of halogens is 1. The van der Waals surface area contributed by atoms with Crippen LogP contribution >= 0.6 is 11.6 Å². The summed E-state index contributed by atoms with van der Waals surface area (Å²) in [5, 5.41) is 16.8. The summed E-state index contributed by atoms with van der Waals surface area (Å²) in [5.41, 5.74) is 0.855. The molecule has 2 heterocycles. The van der Waals surface area contributed by atoms with E-state index in [1.54, 1.807) is 0 Å². The number of carboxylic acid groups (broad SMARTS) is 1. The molecule has 0 unspecified atom stereocenters. The molecule has 0 spiro atoms. The summed E-state index contributed by atoms with van der Waals surface area (Å²) in [5.74, 6) is -4.32. The van der Waals surface area contributed by atoms with Gasteiger partial charge >= 0.3 is 5.97 Å². The minimum Gasteiger partial charge on any atom is -0.475 e. The minimum absolute atomic E-state index is 0.0439. The van der Waals surface area contributed by atoms with Crippen LogP contribution in [0.1, 0.15) is 5.56 Å². The smallest absolute Gasteiger partial charge is 0.372 e. The standard InChI is InChI=1S/C17H14ClN3O4/c18-13-6-7-14(20-19-13)21-9-12(15(22)17(24)25)11(16(21)23)8-10-4-2-1-3-5-10/h1-7,11-12H,8-9H2,(H,24,25)/t11-,12+/m1/s1. The van der Waals surface area contributed by atoms with Crippen LogP contribution in [-0.4, -0.2) is 39.5 Å². The number of hydrogen-bond acceptors (Lipinski definition) is 5. The van der Waals surface area contributed by atoms with Gasteiger partial charge in [-0.15, -0.1) is 10.2 Å². The first kappa shape index (κ1) is 17.0. The first-order valence-corrected chi connectivity index (χ1v) is 7.97. The molecule has 1 fully saturated rings. The van der Waals surface area contributed by atoms with Gasteiger partial charge in [-0.3, -0.25) is 14.5 Å². The molecule has 1 aliphatic heterocycles. The zero-order valence-electron chi connectivity index (χ0n) is 13.0. The first-order chi connectivity index (χ1) is 12.0. The van der Waals surface area contributed by atoms with Crippen molar-refractivity contribution in [3.8, 4) is 0 Å². The number of anilines is 1. The van der Waals surface area contributed by atoms with E-state index in [0.717, 1.165) is 5.56 Å². The number of benzene rings is 1. The predicted octanol–water partition coefficient (Wildman–Crippen LogP) is 1.61. The lowest BCUT2D eigenvalue weighted by Gasteiger charge is -2.15. The number of carboxylic acids is 1. The summed E-state index contributed by atoms with van der Waals surface area (Å²) in [6, 6.07) is 12.2. The molecule has 1 aromatic heterocycles. The van der Waals surface area contributed by atoms with Crippen molar-refractivity contribution in [2.45, 2.75) is 6.42 Å². The summed E-state index contributed by atoms with van der Waals surface area (Å²) >= 11 is 5.70. The quantitative estimate of drug-likeness (QED) is 0.814. The molecule has 1 amide bonds. The van der Waals surface area contributed by atoms with E-state index < -0.39 is 23.6 Å². The van der Waals surface area contributed by atoms with Gasteiger partial charge in [-0.05, 0) is 24.1 Å². The number of hydrogen-bond donors (Lipinski definition) is 1. The Labute approximate surface area is 148 Å². The zero-order valence-corrected chi connectivity index (χ0v) is 13.8. The maximum atomic E-state index is 12.8. The number of ketones is 1. The molecule has 0 bridgehead atoms. The van der Waals surface area contributed by atoms with Gasteiger partial charge in [-0.25, -0.2) is 4.79 Å². The van der Waals surface area contributed by atoms with Gasteiger partial charge in [-0.2, -0.15) is 0 Å². The van der Waals surface area contributed by atoms with Gasteiger partial charge in [0.1, 0.15) is 0 Å². The molecule has 128 valence electrons. The SMILES string of the molecule is O=C(O)C(=O)[C@H]1CN(c2ccc(Cl)nn2)C(=O)[C@@H]1Cc1ccccc1. The third kappa shape index (κ3) is 3.51. The fourth-order valence-electron chi connectivity index (χ4n) is 2.97. The van der Waals surface area contributed by atoms with E-state index >= 15 is 0 Å². The van der Waals surface area contributed by atoms with Gasteiger partial charge in [0, 0.05) is 6.54 Å². The minimum atomic E-state index is -1.54. The molecule has 1 saturated heterocycles. The van der Waals surface area contributed by atoms with E-state index in [9.17, 15) is 14.4 Å². The molecular weight excluding hydrogens is 346 g/mol. The predicted molar refractivity (Wildman–Crippen MR) is 89.2 cm³/mol. The second-order valence-corrected chi connectivity index (χ2v) is 6.12. The highest BCUT2D eigenvalue weighted by molar-refractivity contribution is 6.34. The Bertz CT molecular complexity index is 810. The second kappa shape index (κ2) is 6.98. The van der Waals surface area contributed by atoms with E-state index in [-0.39, 0.29) is 29.8 Å². The summed E-state index contributed by atoms with van der Waals surface area (Å²) in [7, 11) is 0. The number of amides is 1. The second-order valence-electron chi connectivity index (χ2n) is 5.74. The van der Waals surface area contributed by atoms with Gasteiger partial charge in [0.15, 0.2) is 11.0 Å². The number of carbonyl (C=O) groups is 3. The first-order valence-electron chi connectivity index (χ1n) is 7.59. The molecule has 25 heavy (non-hydrogen) atoms. The Kier molecular flexibility index (Phi) is 4.76. The number of aromatic nitrogens is 2. The van der Waals surface area contributed by atoms with Crippen molar-refractivity contribution >= 4 is 35.1 Å². The number of rotatable bonds is 5. The summed E-state index contributed by atoms with van der Waals surface area (Å²) in [6.45, 7) is -0.0439. The summed E-state index contributed by atoms with van der Waals surface area (Å²) in [4.78, 5) is 37.3. The molecule has 8 heteroatoms. The molecule has 2 atom stereocenters. The highest BCUT2D eigenvalue weighted by Crippen LogP contribution is 2.32. The topological polar surface area (TPSA) is 100 Å². The average molecular weight is 360 g/mol. The average Bonchev–Trinajstić information content (AvgIpc) is 2.92. The third-order valence-electron chi connectivity index (χ3n) is 4.19. The van der Waals surface area contributed by atoms with E-state index in [2.05, 4.69) is 10.2 Å². The maximum Gasteiger partial charge on any atom is 0.372 e. The van der Waals surface area contributed by atoms with Crippen LogP contribution in [-0.2, 0) is 20.8 Å². The fourth-order valence-corrected chi connectivity index (χ4v) is 3.07. The largest absolute Gasteiger partial charge is 0.475 e. The van der Waals surface area contributed by atoms with Gasteiger partial charge in [0.05, 0.1) is 11.8 Å². The highest BCUT2D eigenvalue weighted by Gasteiger charge is 2.46. The maximum absolute atomic E-state index is 12.8. The molecule has 1 aliphatic rings. The number of aliphatic carboxylic acids is 1. The Morgan fingerprint density at radius 1 is 1.16 bits per heavy atom. The van der Waals surface area contributed by atoms with Gasteiger partial charge < -0.3 is 5.11 Å². The van der Waals surface area contributed by atoms with E-state index in [1.165, 1.54) is 17.0 Å². The van der Waals surface area contributed by atoms with Crippen molar-refractivity contribution in [2.24, 2.45) is 11.8 Å². The van der Waals surface area contributed by atoms with E-state index in [1.807, 2.05) is 30.3 Å². The Morgan fingerprint density at radius 3 is 2.48 bits per heavy atom. The molecule has 2 aromatic rings. The molecule has 3 rings (SSSR count). The lowest BCUT2D eigenvalue weighted by atomic mass is 9.86. The van der Waals surface area contributed by atoms with Crippen LogP contribution < -0.4 is 4.90 Å². The number of carbonyl (C=O) groups excluding carboxylic acids is 2.